The highest BCUT2D eigenvalue weighted by Crippen LogP contribution is 2.34. The van der Waals surface area contributed by atoms with Crippen LogP contribution in [0.4, 0.5) is 11.6 Å². The molecule has 0 spiro atoms. The molecular formula is C22H24N6O4. The van der Waals surface area contributed by atoms with Crippen LogP contribution < -0.4 is 10.1 Å². The van der Waals surface area contributed by atoms with Gasteiger partial charge in [0.15, 0.2) is 5.65 Å². The maximum atomic E-state index is 10.9. The summed E-state index contributed by atoms with van der Waals surface area (Å²) in [7, 11) is 3.62. The molecule has 1 aliphatic rings. The van der Waals surface area contributed by atoms with Crippen molar-refractivity contribution in [1.29, 1.82) is 0 Å². The number of fused-ring (bicyclic) bond motifs is 1. The van der Waals surface area contributed by atoms with Gasteiger partial charge in [-0.05, 0) is 0 Å². The molecule has 166 valence electrons. The van der Waals surface area contributed by atoms with Gasteiger partial charge in [-0.2, -0.15) is 10.2 Å². The van der Waals surface area contributed by atoms with Crippen molar-refractivity contribution in [2.75, 3.05) is 18.5 Å². The number of pyridine rings is 1. The molecule has 0 aliphatic carbocycles. The summed E-state index contributed by atoms with van der Waals surface area (Å²) in [4.78, 5) is 4.65. The van der Waals surface area contributed by atoms with Crippen molar-refractivity contribution in [3.8, 4) is 17.0 Å². The minimum atomic E-state index is -1.76. The van der Waals surface area contributed by atoms with Gasteiger partial charge in [-0.15, -0.1) is 0 Å². The summed E-state index contributed by atoms with van der Waals surface area (Å²) in [6, 6.07) is 13.5. The van der Waals surface area contributed by atoms with Crippen LogP contribution in [0.15, 0.2) is 48.7 Å². The zero-order valence-electron chi connectivity index (χ0n) is 17.8. The topological polar surface area (TPSA) is 119 Å². The van der Waals surface area contributed by atoms with Gasteiger partial charge in [-0.1, -0.05) is 30.3 Å². The van der Waals surface area contributed by atoms with Crippen LogP contribution in [-0.2, 0) is 18.8 Å². The Labute approximate surface area is 184 Å². The van der Waals surface area contributed by atoms with Crippen molar-refractivity contribution in [2.24, 2.45) is 14.1 Å². The van der Waals surface area contributed by atoms with Gasteiger partial charge in [0.05, 0.1) is 30.5 Å². The molecule has 1 fully saturated rings. The first-order valence-electron chi connectivity index (χ1n) is 10.3. The average Bonchev–Trinajstić information content (AvgIpc) is 3.34. The zero-order valence-corrected chi connectivity index (χ0v) is 17.8. The summed E-state index contributed by atoms with van der Waals surface area (Å²) in [5.41, 5.74) is 2.40. The van der Waals surface area contributed by atoms with Crippen molar-refractivity contribution in [2.45, 2.75) is 18.3 Å². The smallest absolute Gasteiger partial charge is 0.238 e. The molecule has 10 nitrogen and oxygen atoms in total. The van der Waals surface area contributed by atoms with Crippen LogP contribution in [0.2, 0.25) is 0 Å². The molecule has 0 amide bonds. The van der Waals surface area contributed by atoms with Crippen molar-refractivity contribution < 1.29 is 19.7 Å². The Morgan fingerprint density at radius 2 is 2.00 bits per heavy atom. The monoisotopic (exact) mass is 436 g/mol. The molecule has 4 heterocycles. The van der Waals surface area contributed by atoms with Gasteiger partial charge in [0.2, 0.25) is 5.79 Å². The Balaban J connectivity index is 1.50. The molecule has 3 aromatic heterocycles. The second-order valence-corrected chi connectivity index (χ2v) is 7.83. The first kappa shape index (κ1) is 20.4. The zero-order chi connectivity index (χ0) is 22.3. The molecule has 0 radical (unpaired) electrons. The van der Waals surface area contributed by atoms with E-state index in [2.05, 4.69) is 20.5 Å². The fourth-order valence-corrected chi connectivity index (χ4v) is 3.72. The van der Waals surface area contributed by atoms with E-state index < -0.39 is 11.9 Å². The molecule has 1 aromatic carbocycles. The largest absolute Gasteiger partial charge is 0.459 e. The van der Waals surface area contributed by atoms with E-state index in [1.807, 2.05) is 43.4 Å². The van der Waals surface area contributed by atoms with Crippen molar-refractivity contribution in [1.82, 2.24) is 24.5 Å². The number of nitrogens with one attached hydrogen (secondary N) is 1. The van der Waals surface area contributed by atoms with E-state index >= 15 is 0 Å². The molecule has 1 saturated heterocycles. The number of hydrogen-bond acceptors (Lipinski definition) is 8. The quantitative estimate of drug-likeness (QED) is 0.406. The Hall–Kier alpha value is -3.47. The molecule has 3 N–H and O–H groups in total. The first-order valence-corrected chi connectivity index (χ1v) is 10.3. The minimum Gasteiger partial charge on any atom is -0.459 e. The number of benzene rings is 1. The maximum Gasteiger partial charge on any atom is 0.238 e. The third kappa shape index (κ3) is 3.68. The lowest BCUT2D eigenvalue weighted by molar-refractivity contribution is -0.249. The molecule has 5 rings (SSSR count). The Kier molecular flexibility index (Phi) is 5.04. The maximum absolute atomic E-state index is 10.9. The van der Waals surface area contributed by atoms with Crippen molar-refractivity contribution in [3.63, 3.8) is 0 Å². The summed E-state index contributed by atoms with van der Waals surface area (Å²) < 4.78 is 14.5. The van der Waals surface area contributed by atoms with Crippen LogP contribution in [0.1, 0.15) is 6.42 Å². The lowest BCUT2D eigenvalue weighted by Gasteiger charge is -2.36. The van der Waals surface area contributed by atoms with Gasteiger partial charge in [0.1, 0.15) is 23.5 Å². The first-order chi connectivity index (χ1) is 15.4. The van der Waals surface area contributed by atoms with E-state index in [1.165, 1.54) is 0 Å². The summed E-state index contributed by atoms with van der Waals surface area (Å²) in [5, 5.41) is 33.9. The van der Waals surface area contributed by atoms with E-state index in [9.17, 15) is 10.2 Å². The SMILES string of the molecule is Cn1nc(-c2ccccc2)cc1Nc1cc(O[C@@]2(O)CCOC[C@@H]2O)c2cnn(C)c2n1. The lowest BCUT2D eigenvalue weighted by Crippen LogP contribution is -2.53. The standard InChI is InChI=1S/C22H24N6O4/c1-27-20(10-16(26-27)14-6-4-3-5-7-14)24-19-11-17(15-12-23-28(2)21(15)25-19)32-22(30)8-9-31-13-18(22)29/h3-7,10-12,18,29-30H,8-9,13H2,1-2H3,(H,24,25)/t18-,22-/m0/s1. The van der Waals surface area contributed by atoms with E-state index in [-0.39, 0.29) is 19.6 Å². The van der Waals surface area contributed by atoms with Gasteiger partial charge in [0.25, 0.3) is 0 Å². The van der Waals surface area contributed by atoms with Gasteiger partial charge in [-0.25, -0.2) is 4.98 Å². The van der Waals surface area contributed by atoms with Gasteiger partial charge >= 0.3 is 0 Å². The molecular weight excluding hydrogens is 412 g/mol. The van der Waals surface area contributed by atoms with Crippen LogP contribution >= 0.6 is 0 Å². The summed E-state index contributed by atoms with van der Waals surface area (Å²) in [5.74, 6) is -0.177. The number of aromatic nitrogens is 5. The number of nitrogens with zero attached hydrogens (tertiary/aromatic N) is 5. The van der Waals surface area contributed by atoms with E-state index in [0.717, 1.165) is 17.1 Å². The highest BCUT2D eigenvalue weighted by Gasteiger charge is 2.41. The lowest BCUT2D eigenvalue weighted by atomic mass is 10.0. The highest BCUT2D eigenvalue weighted by atomic mass is 16.6. The Bertz CT molecular complexity index is 1250. The number of hydrogen-bond donors (Lipinski definition) is 3. The van der Waals surface area contributed by atoms with Crippen LogP contribution in [-0.4, -0.2) is 59.9 Å². The second kappa shape index (κ2) is 7.90. The Morgan fingerprint density at radius 3 is 2.78 bits per heavy atom. The molecule has 0 saturated carbocycles. The van der Waals surface area contributed by atoms with Crippen LogP contribution in [0.3, 0.4) is 0 Å². The van der Waals surface area contributed by atoms with Crippen molar-refractivity contribution >= 4 is 22.7 Å². The summed E-state index contributed by atoms with van der Waals surface area (Å²) >= 11 is 0. The summed E-state index contributed by atoms with van der Waals surface area (Å²) in [6.45, 7) is 0.289. The summed E-state index contributed by atoms with van der Waals surface area (Å²) in [6.07, 6.45) is 0.593. The van der Waals surface area contributed by atoms with Gasteiger partial charge in [0, 0.05) is 38.2 Å². The number of ether oxygens (including phenoxy) is 2. The normalized spacial score (nSPS) is 21.1. The molecule has 32 heavy (non-hydrogen) atoms. The number of rotatable bonds is 5. The van der Waals surface area contributed by atoms with E-state index in [4.69, 9.17) is 9.47 Å². The number of aliphatic hydroxyl groups excluding tert-OH is 1. The third-order valence-electron chi connectivity index (χ3n) is 5.56. The van der Waals surface area contributed by atoms with E-state index in [0.29, 0.717) is 22.6 Å². The molecule has 0 unspecified atom stereocenters. The highest BCUT2D eigenvalue weighted by molar-refractivity contribution is 5.84. The molecule has 2 atom stereocenters. The third-order valence-corrected chi connectivity index (χ3v) is 5.56. The minimum absolute atomic E-state index is 0.000154. The molecule has 10 heteroatoms. The predicted octanol–water partition coefficient (Wildman–Crippen LogP) is 1.96. The van der Waals surface area contributed by atoms with E-state index in [1.54, 1.807) is 28.7 Å². The van der Waals surface area contributed by atoms with Crippen molar-refractivity contribution in [3.05, 3.63) is 48.7 Å². The van der Waals surface area contributed by atoms with Gasteiger partial charge in [-0.3, -0.25) is 9.36 Å². The fraction of sp³-hybridized carbons (Fsp3) is 0.318. The molecule has 1 aliphatic heterocycles. The number of aliphatic hydroxyl groups is 2. The van der Waals surface area contributed by atoms with Crippen LogP contribution in [0.25, 0.3) is 22.3 Å². The Morgan fingerprint density at radius 1 is 1.19 bits per heavy atom. The molecule has 0 bridgehead atoms. The number of anilines is 2. The second-order valence-electron chi connectivity index (χ2n) is 7.83. The molecule has 4 aromatic rings. The fourth-order valence-electron chi connectivity index (χ4n) is 3.72. The number of aryl methyl sites for hydroxylation is 2. The van der Waals surface area contributed by atoms with Gasteiger partial charge < -0.3 is 25.0 Å². The average molecular weight is 436 g/mol. The predicted molar refractivity (Wildman–Crippen MR) is 117 cm³/mol. The van der Waals surface area contributed by atoms with Crippen LogP contribution in [0.5, 0.6) is 5.75 Å². The van der Waals surface area contributed by atoms with Crippen LogP contribution in [0, 0.1) is 0 Å².